The van der Waals surface area contributed by atoms with E-state index in [1.165, 1.54) is 0 Å². The van der Waals surface area contributed by atoms with Crippen LogP contribution in [0.4, 0.5) is 0 Å². The number of carbonyl (C=O) groups excluding carboxylic acids is 1. The van der Waals surface area contributed by atoms with E-state index < -0.39 is 0 Å². The first-order valence-electron chi connectivity index (χ1n) is 8.59. The standard InChI is InChI=1S/C20H32N2O2/c1-15(2)12-22(6)17(5)20(23)21-19(16(3)4)14-24-13-18-10-8-7-9-11-18/h7-11,15,17,19H,3,12-14H2,1-2,4-6H3,(H,21,23). The Morgan fingerprint density at radius 1 is 1.25 bits per heavy atom. The second-order valence-electron chi connectivity index (χ2n) is 6.92. The van der Waals surface area contributed by atoms with Crippen LogP contribution >= 0.6 is 0 Å². The molecule has 4 heteroatoms. The van der Waals surface area contributed by atoms with Gasteiger partial charge in [-0.3, -0.25) is 9.69 Å². The third kappa shape index (κ3) is 7.28. The van der Waals surface area contributed by atoms with Gasteiger partial charge in [-0.1, -0.05) is 56.3 Å². The molecular weight excluding hydrogens is 300 g/mol. The molecule has 1 N–H and O–H groups in total. The topological polar surface area (TPSA) is 41.6 Å². The molecule has 0 bridgehead atoms. The van der Waals surface area contributed by atoms with Gasteiger partial charge in [0.05, 0.1) is 25.3 Å². The van der Waals surface area contributed by atoms with Gasteiger partial charge in [-0.25, -0.2) is 0 Å². The summed E-state index contributed by atoms with van der Waals surface area (Å²) in [7, 11) is 1.98. The van der Waals surface area contributed by atoms with Crippen LogP contribution in [0.2, 0.25) is 0 Å². The van der Waals surface area contributed by atoms with E-state index in [1.807, 2.05) is 51.2 Å². The van der Waals surface area contributed by atoms with Crippen LogP contribution in [0.25, 0.3) is 0 Å². The molecular formula is C20H32N2O2. The second kappa shape index (κ2) is 10.3. The molecule has 0 fully saturated rings. The van der Waals surface area contributed by atoms with Gasteiger partial charge in [0.25, 0.3) is 0 Å². The molecule has 1 amide bonds. The predicted molar refractivity (Wildman–Crippen MR) is 99.8 cm³/mol. The minimum atomic E-state index is -0.177. The summed E-state index contributed by atoms with van der Waals surface area (Å²) in [6.07, 6.45) is 0. The number of nitrogens with zero attached hydrogens (tertiary/aromatic N) is 1. The van der Waals surface area contributed by atoms with Crippen molar-refractivity contribution in [2.45, 2.75) is 46.4 Å². The Bertz CT molecular complexity index is 514. The van der Waals surface area contributed by atoms with Gasteiger partial charge in [0.1, 0.15) is 0 Å². The summed E-state index contributed by atoms with van der Waals surface area (Å²) in [5.41, 5.74) is 2.02. The van der Waals surface area contributed by atoms with E-state index in [2.05, 4.69) is 30.6 Å². The van der Waals surface area contributed by atoms with Crippen molar-refractivity contribution in [3.8, 4) is 0 Å². The summed E-state index contributed by atoms with van der Waals surface area (Å²) >= 11 is 0. The van der Waals surface area contributed by atoms with E-state index in [0.717, 1.165) is 17.7 Å². The van der Waals surface area contributed by atoms with Gasteiger partial charge in [0, 0.05) is 6.54 Å². The quantitative estimate of drug-likeness (QED) is 0.669. The Kier molecular flexibility index (Phi) is 8.72. The molecule has 0 aromatic heterocycles. The maximum absolute atomic E-state index is 12.5. The molecule has 24 heavy (non-hydrogen) atoms. The summed E-state index contributed by atoms with van der Waals surface area (Å²) in [5, 5.41) is 3.05. The van der Waals surface area contributed by atoms with Crippen molar-refractivity contribution in [2.75, 3.05) is 20.2 Å². The van der Waals surface area contributed by atoms with Crippen LogP contribution in [0.15, 0.2) is 42.5 Å². The Balaban J connectivity index is 2.50. The van der Waals surface area contributed by atoms with Crippen molar-refractivity contribution in [3.63, 3.8) is 0 Å². The molecule has 0 aliphatic rings. The van der Waals surface area contributed by atoms with E-state index in [-0.39, 0.29) is 18.0 Å². The molecule has 2 unspecified atom stereocenters. The van der Waals surface area contributed by atoms with Crippen molar-refractivity contribution >= 4 is 5.91 Å². The van der Waals surface area contributed by atoms with Crippen molar-refractivity contribution in [2.24, 2.45) is 5.92 Å². The molecule has 4 nitrogen and oxygen atoms in total. The number of amides is 1. The molecule has 1 aromatic rings. The lowest BCUT2D eigenvalue weighted by Gasteiger charge is -2.28. The van der Waals surface area contributed by atoms with Crippen LogP contribution < -0.4 is 5.32 Å². The highest BCUT2D eigenvalue weighted by Gasteiger charge is 2.22. The smallest absolute Gasteiger partial charge is 0.237 e. The van der Waals surface area contributed by atoms with E-state index >= 15 is 0 Å². The van der Waals surface area contributed by atoms with Crippen LogP contribution in [0, 0.1) is 5.92 Å². The lowest BCUT2D eigenvalue weighted by atomic mass is 10.1. The molecule has 1 aromatic carbocycles. The van der Waals surface area contributed by atoms with E-state index in [1.54, 1.807) is 0 Å². The molecule has 0 spiro atoms. The van der Waals surface area contributed by atoms with E-state index in [0.29, 0.717) is 19.1 Å². The van der Waals surface area contributed by atoms with Gasteiger partial charge in [0.15, 0.2) is 0 Å². The highest BCUT2D eigenvalue weighted by Crippen LogP contribution is 2.07. The van der Waals surface area contributed by atoms with Gasteiger partial charge in [-0.2, -0.15) is 0 Å². The first kappa shape index (κ1) is 20.4. The van der Waals surface area contributed by atoms with Crippen LogP contribution in [-0.4, -0.2) is 43.1 Å². The molecule has 0 saturated heterocycles. The maximum Gasteiger partial charge on any atom is 0.237 e. The normalized spacial score (nSPS) is 13.8. The minimum absolute atomic E-state index is 0.00876. The van der Waals surface area contributed by atoms with Crippen LogP contribution in [0.1, 0.15) is 33.3 Å². The molecule has 0 radical (unpaired) electrons. The monoisotopic (exact) mass is 332 g/mol. The third-order valence-corrected chi connectivity index (χ3v) is 4.00. The number of rotatable bonds is 10. The van der Waals surface area contributed by atoms with Gasteiger partial charge < -0.3 is 10.1 Å². The minimum Gasteiger partial charge on any atom is -0.374 e. The number of ether oxygens (including phenoxy) is 1. The first-order chi connectivity index (χ1) is 11.3. The average molecular weight is 332 g/mol. The van der Waals surface area contributed by atoms with Gasteiger partial charge in [-0.15, -0.1) is 0 Å². The van der Waals surface area contributed by atoms with Gasteiger partial charge in [0.2, 0.25) is 5.91 Å². The highest BCUT2D eigenvalue weighted by atomic mass is 16.5. The second-order valence-corrected chi connectivity index (χ2v) is 6.92. The van der Waals surface area contributed by atoms with Crippen LogP contribution in [0.3, 0.4) is 0 Å². The fourth-order valence-corrected chi connectivity index (χ4v) is 2.40. The number of hydrogen-bond donors (Lipinski definition) is 1. The van der Waals surface area contributed by atoms with Crippen molar-refractivity contribution in [1.29, 1.82) is 0 Å². The van der Waals surface area contributed by atoms with Crippen molar-refractivity contribution in [3.05, 3.63) is 48.0 Å². The number of nitrogens with one attached hydrogen (secondary N) is 1. The lowest BCUT2D eigenvalue weighted by molar-refractivity contribution is -0.126. The largest absolute Gasteiger partial charge is 0.374 e. The van der Waals surface area contributed by atoms with Gasteiger partial charge >= 0.3 is 0 Å². The zero-order valence-corrected chi connectivity index (χ0v) is 15.7. The number of likely N-dealkylation sites (N-methyl/N-ethyl adjacent to an activating group) is 1. The summed E-state index contributed by atoms with van der Waals surface area (Å²) in [6, 6.07) is 9.66. The Morgan fingerprint density at radius 3 is 2.42 bits per heavy atom. The summed E-state index contributed by atoms with van der Waals surface area (Å²) in [5.74, 6) is 0.533. The summed E-state index contributed by atoms with van der Waals surface area (Å²) < 4.78 is 5.76. The summed E-state index contributed by atoms with van der Waals surface area (Å²) in [6.45, 7) is 14.0. The zero-order valence-electron chi connectivity index (χ0n) is 15.7. The van der Waals surface area contributed by atoms with Crippen molar-refractivity contribution in [1.82, 2.24) is 10.2 Å². The molecule has 134 valence electrons. The maximum atomic E-state index is 12.5. The first-order valence-corrected chi connectivity index (χ1v) is 8.59. The van der Waals surface area contributed by atoms with E-state index in [4.69, 9.17) is 4.74 Å². The SMILES string of the molecule is C=C(C)C(COCc1ccccc1)NC(=O)C(C)N(C)CC(C)C. The Hall–Kier alpha value is -1.65. The summed E-state index contributed by atoms with van der Waals surface area (Å²) in [4.78, 5) is 14.5. The molecule has 2 atom stereocenters. The Morgan fingerprint density at radius 2 is 1.88 bits per heavy atom. The number of carbonyl (C=O) groups is 1. The zero-order chi connectivity index (χ0) is 18.1. The molecule has 0 heterocycles. The van der Waals surface area contributed by atoms with Crippen molar-refractivity contribution < 1.29 is 9.53 Å². The Labute approximate surface area is 146 Å². The third-order valence-electron chi connectivity index (χ3n) is 4.00. The molecule has 0 aliphatic heterocycles. The average Bonchev–Trinajstić information content (AvgIpc) is 2.53. The number of benzene rings is 1. The van der Waals surface area contributed by atoms with E-state index in [9.17, 15) is 4.79 Å². The van der Waals surface area contributed by atoms with Gasteiger partial charge in [-0.05, 0) is 32.4 Å². The predicted octanol–water partition coefficient (Wildman–Crippen LogP) is 3.24. The van der Waals surface area contributed by atoms with Crippen LogP contribution in [-0.2, 0) is 16.1 Å². The molecule has 1 rings (SSSR count). The fraction of sp³-hybridized carbons (Fsp3) is 0.550. The lowest BCUT2D eigenvalue weighted by Crippen LogP contribution is -2.49. The fourth-order valence-electron chi connectivity index (χ4n) is 2.40. The highest BCUT2D eigenvalue weighted by molar-refractivity contribution is 5.81. The molecule has 0 saturated carbocycles. The number of hydrogen-bond acceptors (Lipinski definition) is 3. The van der Waals surface area contributed by atoms with Crippen LogP contribution in [0.5, 0.6) is 0 Å². The molecule has 0 aliphatic carbocycles.